The van der Waals surface area contributed by atoms with E-state index in [-0.39, 0.29) is 11.1 Å². The first kappa shape index (κ1) is 12.0. The molecule has 0 bridgehead atoms. The molecule has 0 aliphatic rings. The summed E-state index contributed by atoms with van der Waals surface area (Å²) in [6, 6.07) is 4.08. The molecular weight excluding hydrogens is 276 g/mol. The van der Waals surface area contributed by atoms with Crippen LogP contribution in [0.4, 0.5) is 5.69 Å². The van der Waals surface area contributed by atoms with Gasteiger partial charge in [0.15, 0.2) is 0 Å². The van der Waals surface area contributed by atoms with Gasteiger partial charge in [-0.1, -0.05) is 27.8 Å². The highest BCUT2D eigenvalue weighted by atomic mass is 79.9. The Labute approximate surface area is 99.6 Å². The first-order valence-electron chi connectivity index (χ1n) is 4.06. The van der Waals surface area contributed by atoms with Gasteiger partial charge in [-0.2, -0.15) is 5.26 Å². The average molecular weight is 281 g/mol. The molecule has 0 heterocycles. The van der Waals surface area contributed by atoms with Gasteiger partial charge < -0.3 is 5.11 Å². The lowest BCUT2D eigenvalue weighted by atomic mass is 10.1. The second-order valence-corrected chi connectivity index (χ2v) is 3.26. The summed E-state index contributed by atoms with van der Waals surface area (Å²) in [5.41, 5.74) is -0.355. The summed E-state index contributed by atoms with van der Waals surface area (Å²) in [5.74, 6) is 4.61. The number of phenols is 1. The van der Waals surface area contributed by atoms with Gasteiger partial charge in [-0.25, -0.2) is 0 Å². The molecule has 1 rings (SSSR count). The minimum Gasteiger partial charge on any atom is -0.501 e. The van der Waals surface area contributed by atoms with Crippen LogP contribution in [-0.2, 0) is 0 Å². The van der Waals surface area contributed by atoms with Crippen LogP contribution >= 0.6 is 15.9 Å². The quantitative estimate of drug-likeness (QED) is 0.368. The third-order valence-electron chi connectivity index (χ3n) is 1.71. The Kier molecular flexibility index (Phi) is 3.87. The van der Waals surface area contributed by atoms with Crippen LogP contribution in [0.15, 0.2) is 12.1 Å². The van der Waals surface area contributed by atoms with Gasteiger partial charge in [0.05, 0.1) is 27.4 Å². The lowest BCUT2D eigenvalue weighted by molar-refractivity contribution is -0.385. The first-order chi connectivity index (χ1) is 7.60. The van der Waals surface area contributed by atoms with Crippen LogP contribution in [0.2, 0.25) is 0 Å². The summed E-state index contributed by atoms with van der Waals surface area (Å²) in [5, 5.41) is 29.2. The summed E-state index contributed by atoms with van der Waals surface area (Å²) < 4.78 is 0. The largest absolute Gasteiger partial charge is 0.501 e. The van der Waals surface area contributed by atoms with Crippen LogP contribution < -0.4 is 0 Å². The van der Waals surface area contributed by atoms with Gasteiger partial charge in [-0.15, -0.1) is 0 Å². The zero-order valence-electron chi connectivity index (χ0n) is 7.90. The Morgan fingerprint density at radius 1 is 1.56 bits per heavy atom. The maximum Gasteiger partial charge on any atom is 0.313 e. The standard InChI is InChI=1S/C10H5BrN2O3/c11-3-1-2-8-4-7(6-12)5-9(10(8)14)13(15)16/h4-5,14H,3H2. The summed E-state index contributed by atoms with van der Waals surface area (Å²) in [7, 11) is 0. The molecule has 5 nitrogen and oxygen atoms in total. The van der Waals surface area contributed by atoms with Crippen molar-refractivity contribution < 1.29 is 10.0 Å². The van der Waals surface area contributed by atoms with E-state index < -0.39 is 16.4 Å². The second kappa shape index (κ2) is 5.15. The van der Waals surface area contributed by atoms with E-state index in [0.29, 0.717) is 5.33 Å². The molecule has 6 heteroatoms. The predicted octanol–water partition coefficient (Wildman–Crippen LogP) is 1.92. The highest BCUT2D eigenvalue weighted by Crippen LogP contribution is 2.30. The summed E-state index contributed by atoms with van der Waals surface area (Å²) in [6.07, 6.45) is 0. The van der Waals surface area contributed by atoms with E-state index in [4.69, 9.17) is 5.26 Å². The van der Waals surface area contributed by atoms with Crippen LogP contribution in [0.1, 0.15) is 11.1 Å². The molecule has 0 amide bonds. The van der Waals surface area contributed by atoms with Crippen molar-refractivity contribution in [2.24, 2.45) is 0 Å². The molecule has 0 saturated carbocycles. The molecule has 0 unspecified atom stereocenters. The fourth-order valence-electron chi connectivity index (χ4n) is 1.05. The number of phenolic OH excluding ortho intramolecular Hbond substituents is 1. The normalized spacial score (nSPS) is 8.75. The third kappa shape index (κ3) is 2.50. The SMILES string of the molecule is N#Cc1cc(C#CCBr)c(O)c([N+](=O)[O-])c1. The summed E-state index contributed by atoms with van der Waals surface area (Å²) >= 11 is 3.06. The predicted molar refractivity (Wildman–Crippen MR) is 60.1 cm³/mol. The van der Waals surface area contributed by atoms with Gasteiger partial charge in [-0.05, 0) is 6.07 Å². The number of nitro groups is 1. The smallest absolute Gasteiger partial charge is 0.313 e. The number of alkyl halides is 1. The fraction of sp³-hybridized carbons (Fsp3) is 0.100. The molecule has 0 radical (unpaired) electrons. The summed E-state index contributed by atoms with van der Waals surface area (Å²) in [6.45, 7) is 0. The molecule has 16 heavy (non-hydrogen) atoms. The van der Waals surface area contributed by atoms with Crippen LogP contribution in [-0.4, -0.2) is 15.4 Å². The van der Waals surface area contributed by atoms with Crippen molar-refractivity contribution in [3.8, 4) is 23.7 Å². The molecule has 0 saturated heterocycles. The minimum atomic E-state index is -0.754. The van der Waals surface area contributed by atoms with Crippen molar-refractivity contribution in [1.82, 2.24) is 0 Å². The topological polar surface area (TPSA) is 87.2 Å². The number of nitrogens with zero attached hydrogens (tertiary/aromatic N) is 2. The minimum absolute atomic E-state index is 0.0743. The molecule has 0 aliphatic carbocycles. The van der Waals surface area contributed by atoms with Crippen molar-refractivity contribution in [3.05, 3.63) is 33.4 Å². The van der Waals surface area contributed by atoms with E-state index in [1.54, 1.807) is 6.07 Å². The third-order valence-corrected chi connectivity index (χ3v) is 1.99. The highest BCUT2D eigenvalue weighted by molar-refractivity contribution is 9.09. The highest BCUT2D eigenvalue weighted by Gasteiger charge is 2.18. The Bertz CT molecular complexity index is 537. The molecule has 80 valence electrons. The van der Waals surface area contributed by atoms with Gasteiger partial charge in [0, 0.05) is 6.07 Å². The van der Waals surface area contributed by atoms with Gasteiger partial charge in [0.2, 0.25) is 5.75 Å². The van der Waals surface area contributed by atoms with E-state index in [1.807, 2.05) is 0 Å². The van der Waals surface area contributed by atoms with Crippen LogP contribution in [0, 0.1) is 33.3 Å². The molecule has 0 aromatic heterocycles. The summed E-state index contributed by atoms with van der Waals surface area (Å²) in [4.78, 5) is 9.84. The monoisotopic (exact) mass is 280 g/mol. The van der Waals surface area contributed by atoms with E-state index in [9.17, 15) is 15.2 Å². The average Bonchev–Trinajstić information content (AvgIpc) is 2.27. The molecule has 0 atom stereocenters. The maximum absolute atomic E-state index is 10.6. The molecule has 0 aliphatic heterocycles. The van der Waals surface area contributed by atoms with Crippen LogP contribution in [0.5, 0.6) is 5.75 Å². The van der Waals surface area contributed by atoms with E-state index in [2.05, 4.69) is 27.8 Å². The van der Waals surface area contributed by atoms with Crippen LogP contribution in [0.25, 0.3) is 0 Å². The van der Waals surface area contributed by atoms with Crippen molar-refractivity contribution in [2.75, 3.05) is 5.33 Å². The molecule has 0 spiro atoms. The number of benzene rings is 1. The molecule has 1 aromatic carbocycles. The van der Waals surface area contributed by atoms with Gasteiger partial charge in [0.1, 0.15) is 0 Å². The first-order valence-corrected chi connectivity index (χ1v) is 5.18. The van der Waals surface area contributed by atoms with E-state index in [1.165, 1.54) is 6.07 Å². The molecule has 1 aromatic rings. The molecular formula is C10H5BrN2O3. The number of hydrogen-bond donors (Lipinski definition) is 1. The Morgan fingerprint density at radius 2 is 2.25 bits per heavy atom. The van der Waals surface area contributed by atoms with Crippen molar-refractivity contribution in [3.63, 3.8) is 0 Å². The fourth-order valence-corrected chi connectivity index (χ4v) is 1.19. The van der Waals surface area contributed by atoms with Gasteiger partial charge in [0.25, 0.3) is 0 Å². The number of aromatic hydroxyl groups is 1. The number of nitro benzene ring substituents is 1. The number of hydrogen-bond acceptors (Lipinski definition) is 4. The lowest BCUT2D eigenvalue weighted by Crippen LogP contribution is -1.92. The molecule has 0 fully saturated rings. The number of nitriles is 1. The maximum atomic E-state index is 10.6. The van der Waals surface area contributed by atoms with Gasteiger partial charge in [-0.3, -0.25) is 10.1 Å². The van der Waals surface area contributed by atoms with Crippen molar-refractivity contribution >= 4 is 21.6 Å². The van der Waals surface area contributed by atoms with Gasteiger partial charge >= 0.3 is 5.69 Å². The van der Waals surface area contributed by atoms with Crippen molar-refractivity contribution in [1.29, 1.82) is 5.26 Å². The Balaban J connectivity index is 3.44. The zero-order valence-corrected chi connectivity index (χ0v) is 9.48. The molecule has 1 N–H and O–H groups in total. The lowest BCUT2D eigenvalue weighted by Gasteiger charge is -1.99. The Morgan fingerprint density at radius 3 is 2.75 bits per heavy atom. The Hall–Kier alpha value is -2.05. The van der Waals surface area contributed by atoms with Crippen LogP contribution in [0.3, 0.4) is 0 Å². The zero-order chi connectivity index (χ0) is 12.1. The van der Waals surface area contributed by atoms with E-state index >= 15 is 0 Å². The second-order valence-electron chi connectivity index (χ2n) is 2.70. The number of halogens is 1. The number of rotatable bonds is 1. The van der Waals surface area contributed by atoms with E-state index in [0.717, 1.165) is 6.07 Å². The van der Waals surface area contributed by atoms with Crippen molar-refractivity contribution in [2.45, 2.75) is 0 Å².